The molecule has 2 aliphatic heterocycles. The van der Waals surface area contributed by atoms with E-state index >= 15 is 4.79 Å². The molecule has 6 aliphatic rings. The van der Waals surface area contributed by atoms with Crippen molar-refractivity contribution in [3.05, 3.63) is 195 Å². The molecule has 21 heteroatoms. The Morgan fingerprint density at radius 1 is 0.692 bits per heavy atom. The highest BCUT2D eigenvalue weighted by molar-refractivity contribution is 6.04. The van der Waals surface area contributed by atoms with Crippen LogP contribution in [0.25, 0.3) is 33.4 Å². The predicted octanol–water partition coefficient (Wildman–Crippen LogP) is 7.69. The van der Waals surface area contributed by atoms with Gasteiger partial charge in [-0.2, -0.15) is 0 Å². The van der Waals surface area contributed by atoms with Crippen LogP contribution >= 0.6 is 0 Å². The molecule has 5 aromatic carbocycles. The molecule has 1 saturated heterocycles. The first-order chi connectivity index (χ1) is 43.3. The molecule has 5 N–H and O–H groups in total. The number of hydrogen-bond acceptors (Lipinski definition) is 19. The molecule has 11 rings (SSSR count). The number of benzene rings is 6. The summed E-state index contributed by atoms with van der Waals surface area (Å²) in [6, 6.07) is 36.3. The number of carbonyl (C=O) groups is 8. The van der Waals surface area contributed by atoms with Crippen LogP contribution in [0.1, 0.15) is 104 Å². The van der Waals surface area contributed by atoms with Crippen LogP contribution < -0.4 is 16.1 Å². The SMILES string of the molecule is CC(=O)O[C@H]1C(=O)[C@@]2(C)C(C(OC(=O)c3ccccc3)[C@]3(O)C[C@H](OC(=O)[C@H](O)[C@@H](NC(=O)c4ccccc4)c4ccccc4)C(C)=C1C3(C)C)[C@]1(OC(C)=O)CO[C@@H]1C[C@@H]2OC(=O)[C@H](C)NC(=O)c1ccc(-c2c3ccc(=O)cc-3oc3cc(O)ccc23)cc1. The first kappa shape index (κ1) is 62.8. The van der Waals surface area contributed by atoms with Gasteiger partial charge in [0.25, 0.3) is 11.8 Å². The number of aliphatic hydroxyl groups excluding tert-OH is 1. The fourth-order valence-corrected chi connectivity index (χ4v) is 13.9. The van der Waals surface area contributed by atoms with E-state index in [1.807, 2.05) is 0 Å². The number of aromatic hydroxyl groups is 1. The third-order valence-electron chi connectivity index (χ3n) is 18.5. The quantitative estimate of drug-likeness (QED) is 0.0284. The summed E-state index contributed by atoms with van der Waals surface area (Å²) < 4.78 is 43.8. The Labute approximate surface area is 521 Å². The second-order valence-corrected chi connectivity index (χ2v) is 24.4. The van der Waals surface area contributed by atoms with Crippen LogP contribution in [0.15, 0.2) is 172 Å². The topological polar surface area (TPSA) is 307 Å². The van der Waals surface area contributed by atoms with E-state index in [0.717, 1.165) is 13.8 Å². The van der Waals surface area contributed by atoms with Gasteiger partial charge < -0.3 is 58.8 Å². The number of esters is 5. The Kier molecular flexibility index (Phi) is 16.7. The molecule has 2 bridgehead atoms. The maximum atomic E-state index is 16.6. The number of rotatable bonds is 15. The highest BCUT2D eigenvalue weighted by atomic mass is 16.6. The Morgan fingerprint density at radius 2 is 1.32 bits per heavy atom. The summed E-state index contributed by atoms with van der Waals surface area (Å²) in [5.74, 6) is -9.21. The lowest BCUT2D eigenvalue weighted by Crippen LogP contribution is -2.82. The number of amides is 2. The third kappa shape index (κ3) is 11.2. The van der Waals surface area contributed by atoms with Gasteiger partial charge in [0.1, 0.15) is 53.2 Å². The number of ether oxygens (including phenoxy) is 6. The van der Waals surface area contributed by atoms with Crippen LogP contribution in [-0.4, -0.2) is 123 Å². The fraction of sp³-hybridized carbons (Fsp3) is 0.329. The molecule has 3 fully saturated rings. The van der Waals surface area contributed by atoms with E-state index in [2.05, 4.69) is 10.6 Å². The first-order valence-corrected chi connectivity index (χ1v) is 29.6. The minimum atomic E-state index is -2.58. The van der Waals surface area contributed by atoms with Crippen LogP contribution in [0.3, 0.4) is 0 Å². The summed E-state index contributed by atoms with van der Waals surface area (Å²) in [4.78, 5) is 128. The van der Waals surface area contributed by atoms with Crippen molar-refractivity contribution < 1.29 is 86.5 Å². The first-order valence-electron chi connectivity index (χ1n) is 29.6. The van der Waals surface area contributed by atoms with Gasteiger partial charge in [0.2, 0.25) is 0 Å². The molecule has 2 saturated carbocycles. The van der Waals surface area contributed by atoms with Crippen molar-refractivity contribution in [2.45, 2.75) is 121 Å². The Hall–Kier alpha value is -9.83. The minimum Gasteiger partial charge on any atom is -0.508 e. The minimum absolute atomic E-state index is 0.0193. The Balaban J connectivity index is 0.971. The number of hydrogen-bond donors (Lipinski definition) is 5. The van der Waals surface area contributed by atoms with E-state index in [1.54, 1.807) is 103 Å². The number of carbonyl (C=O) groups excluding carboxylic acids is 8. The summed E-state index contributed by atoms with van der Waals surface area (Å²) >= 11 is 0. The van der Waals surface area contributed by atoms with Gasteiger partial charge in [-0.05, 0) is 104 Å². The average molecular weight is 1240 g/mol. The molecule has 91 heavy (non-hydrogen) atoms. The van der Waals surface area contributed by atoms with Gasteiger partial charge in [0, 0.05) is 71.9 Å². The molecular weight excluding hydrogens is 1170 g/mol. The number of phenols is 1. The summed E-state index contributed by atoms with van der Waals surface area (Å²) in [5, 5.41) is 42.6. The lowest BCUT2D eigenvalue weighted by atomic mass is 9.44. The zero-order valence-corrected chi connectivity index (χ0v) is 50.6. The number of nitrogens with one attached hydrogen (secondary N) is 2. The van der Waals surface area contributed by atoms with Crippen molar-refractivity contribution in [2.75, 3.05) is 6.61 Å². The molecule has 21 nitrogen and oxygen atoms in total. The summed E-state index contributed by atoms with van der Waals surface area (Å²) in [6.07, 6.45) is -11.8. The van der Waals surface area contributed by atoms with Gasteiger partial charge in [0.05, 0.1) is 29.5 Å². The van der Waals surface area contributed by atoms with Crippen molar-refractivity contribution in [2.24, 2.45) is 16.7 Å². The van der Waals surface area contributed by atoms with E-state index in [-0.39, 0.29) is 51.2 Å². The molecule has 2 unspecified atom stereocenters. The van der Waals surface area contributed by atoms with E-state index in [9.17, 15) is 53.7 Å². The molecule has 4 aliphatic carbocycles. The normalized spacial score (nSPS) is 25.7. The van der Waals surface area contributed by atoms with E-state index < -0.39 is 137 Å². The molecule has 470 valence electrons. The van der Waals surface area contributed by atoms with Gasteiger partial charge in [-0.1, -0.05) is 92.7 Å². The molecule has 12 atom stereocenters. The number of aliphatic hydroxyl groups is 2. The number of ketones is 1. The molecule has 2 amide bonds. The monoisotopic (exact) mass is 1240 g/mol. The Bertz CT molecular complexity index is 4110. The highest BCUT2D eigenvalue weighted by Crippen LogP contribution is 2.65. The lowest BCUT2D eigenvalue weighted by molar-refractivity contribution is -0.346. The number of phenolic OH excluding ortho intramolecular Hbond substituents is 1. The van der Waals surface area contributed by atoms with E-state index in [1.165, 1.54) is 83.1 Å². The maximum absolute atomic E-state index is 16.6. The average Bonchev–Trinajstić information content (AvgIpc) is 0.669. The largest absolute Gasteiger partial charge is 0.508 e. The highest BCUT2D eigenvalue weighted by Gasteiger charge is 2.79. The smallest absolute Gasteiger partial charge is 0.338 e. The van der Waals surface area contributed by atoms with Crippen molar-refractivity contribution in [1.82, 2.24) is 10.6 Å². The van der Waals surface area contributed by atoms with E-state index in [0.29, 0.717) is 33.2 Å². The standard InChI is InChI=1S/C70H66N2O19/c1-36-51(88-66(83)57(77)56(41-17-11-8-12-18-41)72-63(80)42-19-13-9-14-20-42)34-70(84)61(90-65(82)44-21-15-10-16-22-44)59-68(7,60(78)58(86-38(3)73)55(36)67(70,5)6)52(33-53-69(59,35-85-53)91-39(4)74)89-64(81)37(2)71-62(79)43-25-23-40(24-26-43)54-47-29-27-45(75)31-49(47)87-50-32-46(76)28-30-48(50)54/h8-32,37,51-53,56-59,61,75,77,84H,33-35H2,1-7H3,(H,71,79)(H,72,80)/t37-,51-,52-,53+,56-,57+,58+,59?,61?,68+,69-,70+/m0/s1. The van der Waals surface area contributed by atoms with Crippen LogP contribution in [0.4, 0.5) is 0 Å². The zero-order valence-electron chi connectivity index (χ0n) is 50.6. The fourth-order valence-electron chi connectivity index (χ4n) is 13.9. The van der Waals surface area contributed by atoms with Gasteiger partial charge in [0.15, 0.2) is 29.0 Å². The second-order valence-electron chi connectivity index (χ2n) is 24.4. The maximum Gasteiger partial charge on any atom is 0.338 e. The predicted molar refractivity (Wildman–Crippen MR) is 325 cm³/mol. The second kappa shape index (κ2) is 24.2. The molecule has 5 aromatic rings. The summed E-state index contributed by atoms with van der Waals surface area (Å²) in [5.41, 5.74) is -6.29. The van der Waals surface area contributed by atoms with Crippen molar-refractivity contribution in [3.8, 4) is 28.2 Å². The molecule has 2 heterocycles. The van der Waals surface area contributed by atoms with Crippen LogP contribution in [-0.2, 0) is 52.4 Å². The molecule has 0 radical (unpaired) electrons. The third-order valence-corrected chi connectivity index (χ3v) is 18.5. The molecule has 0 spiro atoms. The van der Waals surface area contributed by atoms with Crippen molar-refractivity contribution in [3.63, 3.8) is 0 Å². The molecule has 0 aromatic heterocycles. The summed E-state index contributed by atoms with van der Waals surface area (Å²) in [7, 11) is 0. The number of Topliss-reactive ketones (excluding diaryl/α,β-unsaturated/α-hetero) is 1. The van der Waals surface area contributed by atoms with Gasteiger partial charge >= 0.3 is 29.8 Å². The van der Waals surface area contributed by atoms with Gasteiger partial charge in [-0.15, -0.1) is 0 Å². The summed E-state index contributed by atoms with van der Waals surface area (Å²) in [6.45, 7) is 8.92. The van der Waals surface area contributed by atoms with Gasteiger partial charge in [-0.25, -0.2) is 14.4 Å². The van der Waals surface area contributed by atoms with Crippen molar-refractivity contribution >= 4 is 58.4 Å². The zero-order chi connectivity index (χ0) is 65.1. The Morgan fingerprint density at radius 3 is 1.95 bits per heavy atom. The molecular formula is C70H66N2O19. The number of fused-ring (bicyclic) bond motifs is 7. The van der Waals surface area contributed by atoms with E-state index in [4.69, 9.17) is 32.8 Å². The van der Waals surface area contributed by atoms with Crippen LogP contribution in [0, 0.1) is 16.7 Å². The van der Waals surface area contributed by atoms with Gasteiger partial charge in [-0.3, -0.25) is 28.8 Å². The van der Waals surface area contributed by atoms with Crippen LogP contribution in [0.2, 0.25) is 0 Å². The van der Waals surface area contributed by atoms with Crippen LogP contribution in [0.5, 0.6) is 5.75 Å². The lowest BCUT2D eigenvalue weighted by Gasteiger charge is -2.67. The van der Waals surface area contributed by atoms with Crippen molar-refractivity contribution in [1.29, 1.82) is 0 Å².